The van der Waals surface area contributed by atoms with Gasteiger partial charge in [0.2, 0.25) is 0 Å². The van der Waals surface area contributed by atoms with Crippen LogP contribution in [0.4, 0.5) is 0 Å². The number of aliphatic hydroxyl groups is 1. The Labute approximate surface area is 317 Å². The first-order valence-corrected chi connectivity index (χ1v) is 19.4. The van der Waals surface area contributed by atoms with Gasteiger partial charge in [-0.05, 0) is 89.9 Å². The molecule has 0 spiro atoms. The Hall–Kier alpha value is -4.22. The smallest absolute Gasteiger partial charge is 0.306 e. The van der Waals surface area contributed by atoms with E-state index in [4.69, 9.17) is 9.47 Å². The maximum Gasteiger partial charge on any atom is 0.306 e. The third-order valence-electron chi connectivity index (χ3n) is 7.16. The average molecular weight is 713 g/mol. The van der Waals surface area contributed by atoms with Gasteiger partial charge >= 0.3 is 11.9 Å². The second kappa shape index (κ2) is 41.2. The van der Waals surface area contributed by atoms with E-state index in [1.54, 1.807) is 0 Å². The number of hydrogen-bond donors (Lipinski definition) is 1. The Kier molecular flexibility index (Phi) is 37.9. The molecule has 0 saturated carbocycles. The highest BCUT2D eigenvalue weighted by atomic mass is 16.6. The maximum atomic E-state index is 12.1. The molecule has 52 heavy (non-hydrogen) atoms. The fourth-order valence-electron chi connectivity index (χ4n) is 4.31. The molecule has 0 aromatic heterocycles. The summed E-state index contributed by atoms with van der Waals surface area (Å²) in [5.74, 6) is -0.806. The van der Waals surface area contributed by atoms with Crippen LogP contribution in [0.25, 0.3) is 0 Å². The minimum atomic E-state index is -0.854. The fourth-order valence-corrected chi connectivity index (χ4v) is 4.31. The number of allylic oxidation sites excluding steroid dienone is 24. The lowest BCUT2D eigenvalue weighted by atomic mass is 10.2. The Bertz CT molecular complexity index is 1220. The molecule has 5 heteroatoms. The molecule has 5 nitrogen and oxygen atoms in total. The molecule has 0 aliphatic carbocycles. The van der Waals surface area contributed by atoms with Crippen LogP contribution in [0.15, 0.2) is 146 Å². The van der Waals surface area contributed by atoms with Gasteiger partial charge in [0.05, 0.1) is 6.61 Å². The minimum absolute atomic E-state index is 0.148. The maximum absolute atomic E-state index is 12.1. The molecule has 0 heterocycles. The molecule has 0 bridgehead atoms. The molecule has 0 aromatic carbocycles. The lowest BCUT2D eigenvalue weighted by Gasteiger charge is -2.15. The van der Waals surface area contributed by atoms with Crippen LogP contribution in [0.2, 0.25) is 0 Å². The Balaban J connectivity index is 3.88. The highest BCUT2D eigenvalue weighted by Gasteiger charge is 2.15. The van der Waals surface area contributed by atoms with E-state index < -0.39 is 18.7 Å². The third-order valence-corrected chi connectivity index (χ3v) is 7.16. The van der Waals surface area contributed by atoms with E-state index in [-0.39, 0.29) is 25.4 Å². The SMILES string of the molecule is CC/C=C/C/C=C/C/C=C/C/C=C/C/C=C/C/C=C/CCC(=O)OC[C@H](CO)OC(=O)CC/C=C/C/C=C/C/C=C/C/C=C/C/C=C/C/C=C/CC. The normalized spacial score (nSPS) is 13.8. The lowest BCUT2D eigenvalue weighted by Crippen LogP contribution is -2.28. The van der Waals surface area contributed by atoms with Gasteiger partial charge in [0.15, 0.2) is 6.10 Å². The van der Waals surface area contributed by atoms with E-state index >= 15 is 0 Å². The van der Waals surface area contributed by atoms with Crippen molar-refractivity contribution in [2.45, 2.75) is 123 Å². The highest BCUT2D eigenvalue weighted by Crippen LogP contribution is 2.04. The van der Waals surface area contributed by atoms with Gasteiger partial charge in [-0.15, -0.1) is 0 Å². The van der Waals surface area contributed by atoms with Crippen molar-refractivity contribution < 1.29 is 24.2 Å². The summed E-state index contributed by atoms with van der Waals surface area (Å²) in [4.78, 5) is 24.2. The molecular weight excluding hydrogens is 645 g/mol. The topological polar surface area (TPSA) is 72.8 Å². The molecule has 0 amide bonds. The second-order valence-corrected chi connectivity index (χ2v) is 11.9. The van der Waals surface area contributed by atoms with Gasteiger partial charge in [-0.25, -0.2) is 0 Å². The van der Waals surface area contributed by atoms with Gasteiger partial charge in [-0.1, -0.05) is 160 Å². The molecule has 1 atom stereocenters. The molecule has 0 radical (unpaired) electrons. The predicted molar refractivity (Wildman–Crippen MR) is 223 cm³/mol. The highest BCUT2D eigenvalue weighted by molar-refractivity contribution is 5.70. The van der Waals surface area contributed by atoms with E-state index in [1.165, 1.54) is 0 Å². The van der Waals surface area contributed by atoms with E-state index in [9.17, 15) is 14.7 Å². The number of carbonyl (C=O) groups is 2. The van der Waals surface area contributed by atoms with Crippen LogP contribution in [-0.4, -0.2) is 36.4 Å². The number of aliphatic hydroxyl groups excluding tert-OH is 1. The van der Waals surface area contributed by atoms with Gasteiger partial charge in [-0.2, -0.15) is 0 Å². The molecule has 1 N–H and O–H groups in total. The molecular formula is C47H68O5. The Morgan fingerprint density at radius 2 is 0.692 bits per heavy atom. The van der Waals surface area contributed by atoms with Gasteiger partial charge < -0.3 is 14.6 Å². The Morgan fingerprint density at radius 1 is 0.423 bits per heavy atom. The molecule has 0 aliphatic rings. The zero-order valence-corrected chi connectivity index (χ0v) is 32.2. The van der Waals surface area contributed by atoms with Crippen molar-refractivity contribution in [3.8, 4) is 0 Å². The largest absolute Gasteiger partial charge is 0.462 e. The molecule has 0 fully saturated rings. The fraction of sp³-hybridized carbons (Fsp3) is 0.447. The number of rotatable bonds is 32. The zero-order chi connectivity index (χ0) is 37.8. The van der Waals surface area contributed by atoms with Crippen molar-refractivity contribution in [2.75, 3.05) is 13.2 Å². The summed E-state index contributed by atoms with van der Waals surface area (Å²) in [5, 5.41) is 9.54. The van der Waals surface area contributed by atoms with Crippen LogP contribution in [-0.2, 0) is 19.1 Å². The summed E-state index contributed by atoms with van der Waals surface area (Å²) in [6.07, 6.45) is 63.5. The third kappa shape index (κ3) is 38.6. The van der Waals surface area contributed by atoms with Crippen molar-refractivity contribution in [3.63, 3.8) is 0 Å². The monoisotopic (exact) mass is 713 g/mol. The van der Waals surface area contributed by atoms with Crippen molar-refractivity contribution in [1.82, 2.24) is 0 Å². The molecule has 0 unspecified atom stereocenters. The quantitative estimate of drug-likeness (QED) is 0.0555. The first kappa shape index (κ1) is 47.8. The molecule has 286 valence electrons. The van der Waals surface area contributed by atoms with Crippen LogP contribution >= 0.6 is 0 Å². The van der Waals surface area contributed by atoms with Gasteiger partial charge in [0.25, 0.3) is 0 Å². The lowest BCUT2D eigenvalue weighted by molar-refractivity contribution is -0.161. The van der Waals surface area contributed by atoms with Gasteiger partial charge in [-0.3, -0.25) is 9.59 Å². The standard InChI is InChI=1S/C47H68O5/c1-3-5-7-9-11-13-15-17-19-21-23-25-27-29-31-33-35-37-39-41-46(49)51-44-45(43-48)52-47(50)42-40-38-36-34-32-30-28-26-24-22-20-18-16-14-12-10-8-6-4-2/h5-8,11-14,17-20,23-26,29-32,35-38,45,48H,3-4,9-10,15-16,21-22,27-28,33-34,39-44H2,1-2H3/b7-5+,8-6+,13-11+,14-12+,19-17+,20-18+,25-23+,26-24+,31-29+,32-30+,37-35+,38-36+/t45-/m0/s1. The molecule has 0 saturated heterocycles. The minimum Gasteiger partial charge on any atom is -0.462 e. The second-order valence-electron chi connectivity index (χ2n) is 11.9. The van der Waals surface area contributed by atoms with E-state index in [0.717, 1.165) is 77.0 Å². The summed E-state index contributed by atoms with van der Waals surface area (Å²) in [5.41, 5.74) is 0. The zero-order valence-electron chi connectivity index (χ0n) is 32.2. The van der Waals surface area contributed by atoms with Crippen molar-refractivity contribution in [3.05, 3.63) is 146 Å². The summed E-state index contributed by atoms with van der Waals surface area (Å²) in [7, 11) is 0. The molecule has 0 aliphatic heterocycles. The number of carbonyl (C=O) groups excluding carboxylic acids is 2. The summed E-state index contributed by atoms with van der Waals surface area (Å²) >= 11 is 0. The van der Waals surface area contributed by atoms with Crippen LogP contribution in [0.1, 0.15) is 117 Å². The van der Waals surface area contributed by atoms with Crippen molar-refractivity contribution in [2.24, 2.45) is 0 Å². The summed E-state index contributed by atoms with van der Waals surface area (Å²) < 4.78 is 10.5. The summed E-state index contributed by atoms with van der Waals surface area (Å²) in [6, 6.07) is 0. The first-order chi connectivity index (χ1) is 25.6. The van der Waals surface area contributed by atoms with Gasteiger partial charge in [0, 0.05) is 12.8 Å². The van der Waals surface area contributed by atoms with E-state index in [0.29, 0.717) is 12.8 Å². The number of hydrogen-bond acceptors (Lipinski definition) is 5. The van der Waals surface area contributed by atoms with Crippen molar-refractivity contribution >= 4 is 11.9 Å². The van der Waals surface area contributed by atoms with E-state index in [1.807, 2.05) is 24.3 Å². The van der Waals surface area contributed by atoms with Crippen molar-refractivity contribution in [1.29, 1.82) is 0 Å². The number of ether oxygens (including phenoxy) is 2. The van der Waals surface area contributed by atoms with Crippen LogP contribution < -0.4 is 0 Å². The predicted octanol–water partition coefficient (Wildman–Crippen LogP) is 12.4. The van der Waals surface area contributed by atoms with E-state index in [2.05, 4.69) is 135 Å². The van der Waals surface area contributed by atoms with Crippen LogP contribution in [0.3, 0.4) is 0 Å². The number of esters is 2. The van der Waals surface area contributed by atoms with Crippen LogP contribution in [0.5, 0.6) is 0 Å². The first-order valence-electron chi connectivity index (χ1n) is 19.4. The Morgan fingerprint density at radius 3 is 0.981 bits per heavy atom. The van der Waals surface area contributed by atoms with Crippen LogP contribution in [0, 0.1) is 0 Å². The average Bonchev–Trinajstić information content (AvgIpc) is 3.15. The summed E-state index contributed by atoms with van der Waals surface area (Å²) in [6.45, 7) is 3.74. The molecule has 0 aromatic rings. The van der Waals surface area contributed by atoms with Gasteiger partial charge in [0.1, 0.15) is 6.61 Å². The molecule has 0 rings (SSSR count).